The van der Waals surface area contributed by atoms with Crippen molar-refractivity contribution < 1.29 is 19.2 Å². The maximum Gasteiger partial charge on any atom is 0.324 e. The van der Waals surface area contributed by atoms with E-state index in [0.29, 0.717) is 31.5 Å². The molecule has 0 aliphatic carbocycles. The van der Waals surface area contributed by atoms with Crippen LogP contribution in [0, 0.1) is 12.8 Å². The number of amides is 1. The molecule has 0 saturated carbocycles. The number of nitrogens with zero attached hydrogens (tertiary/aromatic N) is 4. The minimum Gasteiger partial charge on any atom is -0.494 e. The Labute approximate surface area is 214 Å². The van der Waals surface area contributed by atoms with E-state index in [1.165, 1.54) is 0 Å². The van der Waals surface area contributed by atoms with Crippen LogP contribution in [0.1, 0.15) is 76.1 Å². The van der Waals surface area contributed by atoms with Crippen LogP contribution in [0.5, 0.6) is 5.75 Å². The fourth-order valence-electron chi connectivity index (χ4n) is 4.93. The number of anilines is 1. The molecular weight excluding hydrogens is 458 g/mol. The molecule has 1 unspecified atom stereocenters. The zero-order valence-electron chi connectivity index (χ0n) is 22.3. The second-order valence-corrected chi connectivity index (χ2v) is 11.3. The largest absolute Gasteiger partial charge is 0.494 e. The Hall–Kier alpha value is -2.65. The van der Waals surface area contributed by atoms with Crippen LogP contribution in [-0.2, 0) is 10.2 Å². The van der Waals surface area contributed by atoms with E-state index < -0.39 is 6.23 Å². The maximum atomic E-state index is 12.1. The van der Waals surface area contributed by atoms with Crippen molar-refractivity contribution in [2.24, 2.45) is 5.92 Å². The summed E-state index contributed by atoms with van der Waals surface area (Å²) in [6.45, 7) is 11.5. The van der Waals surface area contributed by atoms with Crippen molar-refractivity contribution in [3.8, 4) is 5.75 Å². The van der Waals surface area contributed by atoms with Gasteiger partial charge < -0.3 is 24.2 Å². The van der Waals surface area contributed by atoms with Crippen LogP contribution in [-0.4, -0.2) is 65.4 Å². The van der Waals surface area contributed by atoms with E-state index >= 15 is 0 Å². The Kier molecular flexibility index (Phi) is 8.20. The monoisotopic (exact) mass is 499 g/mol. The molecule has 2 aromatic rings. The lowest BCUT2D eigenvalue weighted by Crippen LogP contribution is -2.39. The second kappa shape index (κ2) is 11.2. The number of aliphatic hydroxyl groups excluding tert-OH is 1. The predicted molar refractivity (Wildman–Crippen MR) is 138 cm³/mol. The number of carbonyl (C=O) groups is 1. The Morgan fingerprint density at radius 3 is 2.58 bits per heavy atom. The molecular formula is C27H41N5O4. The molecule has 3 heterocycles. The van der Waals surface area contributed by atoms with E-state index in [-0.39, 0.29) is 17.4 Å². The molecule has 9 nitrogen and oxygen atoms in total. The summed E-state index contributed by atoms with van der Waals surface area (Å²) in [6.07, 6.45) is 4.20. The van der Waals surface area contributed by atoms with Gasteiger partial charge in [0.1, 0.15) is 12.0 Å². The highest BCUT2D eigenvalue weighted by Crippen LogP contribution is 2.28. The number of ether oxygens (including phenoxy) is 1. The van der Waals surface area contributed by atoms with Crippen LogP contribution in [0.4, 0.5) is 6.01 Å². The van der Waals surface area contributed by atoms with Gasteiger partial charge in [0.05, 0.1) is 12.6 Å². The van der Waals surface area contributed by atoms with Gasteiger partial charge in [-0.25, -0.2) is 0 Å². The first-order valence-corrected chi connectivity index (χ1v) is 13.1. The molecule has 2 N–H and O–H groups in total. The number of aliphatic hydroxyl groups is 1. The molecule has 0 bridgehead atoms. The maximum absolute atomic E-state index is 12.1. The average Bonchev–Trinajstić information content (AvgIpc) is 3.46. The van der Waals surface area contributed by atoms with Gasteiger partial charge in [-0.15, -0.1) is 0 Å². The number of likely N-dealkylation sites (N-methyl/N-ethyl adjacent to an activating group) is 1. The lowest BCUT2D eigenvalue weighted by Gasteiger charge is -2.30. The number of likely N-dealkylation sites (tertiary alicyclic amines) is 1. The SMILES string of the molecule is Cc1cc(OCCCC2CCN(c3nc(C(C)(C)C)no3)CC2)ccc1C(O)N[C@H]1CCN(C)C1=O. The minimum atomic E-state index is -0.877. The highest BCUT2D eigenvalue weighted by atomic mass is 16.5. The molecule has 198 valence electrons. The summed E-state index contributed by atoms with van der Waals surface area (Å²) in [6, 6.07) is 6.04. The molecule has 0 spiro atoms. The normalized spacial score (nSPS) is 20.3. The summed E-state index contributed by atoms with van der Waals surface area (Å²) in [4.78, 5) is 20.6. The highest BCUT2D eigenvalue weighted by molar-refractivity contribution is 5.83. The molecule has 0 radical (unpaired) electrons. The lowest BCUT2D eigenvalue weighted by molar-refractivity contribution is -0.129. The number of piperidine rings is 1. The van der Waals surface area contributed by atoms with Crippen molar-refractivity contribution in [2.75, 3.05) is 38.2 Å². The molecule has 2 aliphatic rings. The van der Waals surface area contributed by atoms with E-state index in [1.807, 2.05) is 25.1 Å². The first-order valence-electron chi connectivity index (χ1n) is 13.1. The first-order chi connectivity index (χ1) is 17.1. The first kappa shape index (κ1) is 26.4. The predicted octanol–water partition coefficient (Wildman–Crippen LogP) is 3.56. The van der Waals surface area contributed by atoms with Gasteiger partial charge in [0, 0.05) is 32.1 Å². The third-order valence-electron chi connectivity index (χ3n) is 7.32. The molecule has 2 saturated heterocycles. The summed E-state index contributed by atoms with van der Waals surface area (Å²) in [5.74, 6) is 2.27. The second-order valence-electron chi connectivity index (χ2n) is 11.3. The molecule has 4 rings (SSSR count). The molecule has 1 aromatic heterocycles. The minimum absolute atomic E-state index is 0.0293. The van der Waals surface area contributed by atoms with Crippen molar-refractivity contribution in [3.05, 3.63) is 35.2 Å². The Morgan fingerprint density at radius 1 is 1.22 bits per heavy atom. The third kappa shape index (κ3) is 6.37. The Bertz CT molecular complexity index is 1030. The molecule has 2 atom stereocenters. The van der Waals surface area contributed by atoms with Crippen LogP contribution < -0.4 is 15.0 Å². The third-order valence-corrected chi connectivity index (χ3v) is 7.32. The quantitative estimate of drug-likeness (QED) is 0.399. The van der Waals surface area contributed by atoms with E-state index in [9.17, 15) is 9.90 Å². The van der Waals surface area contributed by atoms with Gasteiger partial charge >= 0.3 is 6.01 Å². The number of hydrogen-bond donors (Lipinski definition) is 2. The lowest BCUT2D eigenvalue weighted by atomic mass is 9.92. The van der Waals surface area contributed by atoms with E-state index in [2.05, 4.69) is 41.1 Å². The number of rotatable bonds is 9. The van der Waals surface area contributed by atoms with Gasteiger partial charge in [0.25, 0.3) is 0 Å². The van der Waals surface area contributed by atoms with Gasteiger partial charge in [-0.2, -0.15) is 4.98 Å². The zero-order chi connectivity index (χ0) is 25.9. The molecule has 2 aliphatic heterocycles. The number of carbonyl (C=O) groups excluding carboxylic acids is 1. The standard InChI is InChI=1S/C27H41N5O4/c1-18-17-20(8-9-21(18)23(33)28-22-12-13-31(5)24(22)34)35-16-6-7-19-10-14-32(15-11-19)26-29-25(30-36-26)27(2,3)4/h8-9,17,19,22-23,28,33H,6-7,10-16H2,1-5H3/t22-,23?/m0/s1. The van der Waals surface area contributed by atoms with Crippen LogP contribution >= 0.6 is 0 Å². The number of aryl methyl sites for hydroxylation is 1. The van der Waals surface area contributed by atoms with E-state index in [1.54, 1.807) is 11.9 Å². The summed E-state index contributed by atoms with van der Waals surface area (Å²) in [7, 11) is 1.79. The number of benzene rings is 1. The van der Waals surface area contributed by atoms with E-state index in [4.69, 9.17) is 9.26 Å². The summed E-state index contributed by atoms with van der Waals surface area (Å²) in [5, 5.41) is 17.8. The van der Waals surface area contributed by atoms with Crippen LogP contribution in [0.3, 0.4) is 0 Å². The molecule has 9 heteroatoms. The Balaban J connectivity index is 1.17. The van der Waals surface area contributed by atoms with Gasteiger partial charge in [0.2, 0.25) is 5.91 Å². The van der Waals surface area contributed by atoms with E-state index in [0.717, 1.165) is 61.5 Å². The summed E-state index contributed by atoms with van der Waals surface area (Å²) < 4.78 is 11.5. The number of aromatic nitrogens is 2. The van der Waals surface area contributed by atoms with Crippen molar-refractivity contribution in [1.82, 2.24) is 20.4 Å². The number of nitrogens with one attached hydrogen (secondary N) is 1. The fourth-order valence-corrected chi connectivity index (χ4v) is 4.93. The van der Waals surface area contributed by atoms with Gasteiger partial charge in [-0.1, -0.05) is 32.0 Å². The average molecular weight is 500 g/mol. The highest BCUT2D eigenvalue weighted by Gasteiger charge is 2.31. The van der Waals surface area contributed by atoms with Gasteiger partial charge in [-0.05, 0) is 68.2 Å². The van der Waals surface area contributed by atoms with Crippen LogP contribution in [0.15, 0.2) is 22.7 Å². The summed E-state index contributed by atoms with van der Waals surface area (Å²) >= 11 is 0. The molecule has 2 fully saturated rings. The zero-order valence-corrected chi connectivity index (χ0v) is 22.3. The van der Waals surface area contributed by atoms with Crippen molar-refractivity contribution >= 4 is 11.9 Å². The van der Waals surface area contributed by atoms with Crippen molar-refractivity contribution in [2.45, 2.75) is 77.5 Å². The Morgan fingerprint density at radius 2 is 1.97 bits per heavy atom. The van der Waals surface area contributed by atoms with Gasteiger partial charge in [-0.3, -0.25) is 10.1 Å². The molecule has 36 heavy (non-hydrogen) atoms. The van der Waals surface area contributed by atoms with Crippen molar-refractivity contribution in [3.63, 3.8) is 0 Å². The van der Waals surface area contributed by atoms with Crippen LogP contribution in [0.2, 0.25) is 0 Å². The van der Waals surface area contributed by atoms with Crippen molar-refractivity contribution in [1.29, 1.82) is 0 Å². The van der Waals surface area contributed by atoms with Crippen LogP contribution in [0.25, 0.3) is 0 Å². The fraction of sp³-hybridized carbons (Fsp3) is 0.667. The van der Waals surface area contributed by atoms with Gasteiger partial charge in [0.15, 0.2) is 5.82 Å². The summed E-state index contributed by atoms with van der Waals surface area (Å²) in [5.41, 5.74) is 1.60. The molecule has 1 amide bonds. The molecule has 1 aromatic carbocycles. The number of hydrogen-bond acceptors (Lipinski definition) is 8. The smallest absolute Gasteiger partial charge is 0.324 e. The topological polar surface area (TPSA) is 104 Å².